The van der Waals surface area contributed by atoms with Gasteiger partial charge in [0, 0.05) is 93.5 Å². The quantitative estimate of drug-likeness (QED) is 0.0264. The highest BCUT2D eigenvalue weighted by molar-refractivity contribution is 8.77. The number of fused-ring (bicyclic) bond motifs is 8. The van der Waals surface area contributed by atoms with E-state index in [9.17, 15) is 22.8 Å². The molecule has 9 rings (SSSR count). The van der Waals surface area contributed by atoms with Crippen LogP contribution in [0.2, 0.25) is 0 Å². The first kappa shape index (κ1) is 60.6. The van der Waals surface area contributed by atoms with Crippen molar-refractivity contribution in [2.75, 3.05) is 125 Å². The molecule has 3 atom stereocenters. The van der Waals surface area contributed by atoms with Gasteiger partial charge in [0.05, 0.1) is 81.8 Å². The summed E-state index contributed by atoms with van der Waals surface area (Å²) in [5.74, 6) is 1.53. The molecule has 0 saturated carbocycles. The normalized spacial score (nSPS) is 16.8. The Kier molecular flexibility index (Phi) is 19.7. The van der Waals surface area contributed by atoms with Gasteiger partial charge >= 0.3 is 0 Å². The fraction of sp³-hybridized carbons (Fsp3) is 0.468. The second-order valence-electron chi connectivity index (χ2n) is 21.9. The lowest BCUT2D eigenvalue weighted by Gasteiger charge is -2.34. The van der Waals surface area contributed by atoms with Gasteiger partial charge in [0.25, 0.3) is 21.9 Å². The van der Waals surface area contributed by atoms with Gasteiger partial charge in [-0.3, -0.25) is 18.6 Å². The molecule has 1 unspecified atom stereocenters. The lowest BCUT2D eigenvalue weighted by molar-refractivity contribution is -0.118. The van der Waals surface area contributed by atoms with Crippen molar-refractivity contribution in [3.8, 4) is 17.2 Å². The summed E-state index contributed by atoms with van der Waals surface area (Å²) in [6.45, 7) is 12.7. The SMILES string of the molecule is CCC(=O)C(CCSSC(C)(C)CN(CCOCCOCCOC)c1cc(COc2cc3c(cc2C)C(=O)N2c4ccccc4C[C@H]2CN3C)cc(COc2cc3c(cc2OC)C(=O)N2c4ccccc4C[C@H]2CN3C)c1)S(=O)(=O)OC. The number of benzene rings is 5. The number of amides is 2. The largest absolute Gasteiger partial charge is 0.493 e. The van der Waals surface area contributed by atoms with Gasteiger partial charge in [0.1, 0.15) is 24.2 Å². The Morgan fingerprint density at radius 3 is 1.83 bits per heavy atom. The third kappa shape index (κ3) is 13.6. The summed E-state index contributed by atoms with van der Waals surface area (Å²) >= 11 is 0. The summed E-state index contributed by atoms with van der Waals surface area (Å²) < 4.78 is 66.4. The predicted octanol–water partition coefficient (Wildman–Crippen LogP) is 9.56. The van der Waals surface area contributed by atoms with Crippen LogP contribution in [-0.4, -0.2) is 148 Å². The number of likely N-dealkylation sites (N-methyl/N-ethyl adjacent to an activating group) is 2. The predicted molar refractivity (Wildman–Crippen MR) is 327 cm³/mol. The molecule has 5 aromatic carbocycles. The van der Waals surface area contributed by atoms with Crippen LogP contribution in [0.3, 0.4) is 0 Å². The molecular weight excluding hydrogens is 1100 g/mol. The summed E-state index contributed by atoms with van der Waals surface area (Å²) in [7, 11) is 7.46. The highest BCUT2D eigenvalue weighted by atomic mass is 33.1. The fourth-order valence-electron chi connectivity index (χ4n) is 11.5. The standard InChI is InChI=1S/C62H77N5O12S3/c1-10-55(68)59(82(71,72)75-9)19-26-80-81-62(3,4)40-65(20-21-76-24-25-77-23-22-73-7)46-29-42(38-78-56-34-53-49(27-41(56)2)60(69)66-47(36-63(53)5)31-44-15-11-13-17-51(44)66)28-43(30-46)39-79-58-35-54-50(33-57(58)74-8)61(70)67-48(37-64(54)6)32-45-16-12-14-18-52(45)67/h11-18,27-30,33-35,47-48,59H,10,19-26,31-32,36-40H2,1-9H3/t47-,48-,59?/m0/s1. The molecule has 440 valence electrons. The second kappa shape index (κ2) is 26.7. The number of methoxy groups -OCH3 is 2. The van der Waals surface area contributed by atoms with Crippen molar-refractivity contribution in [3.05, 3.63) is 130 Å². The Balaban J connectivity index is 1.01. The van der Waals surface area contributed by atoms with Crippen LogP contribution in [-0.2, 0) is 59.4 Å². The minimum atomic E-state index is -4.04. The topological polar surface area (TPSA) is 166 Å². The number of ether oxygens (including phenoxy) is 6. The van der Waals surface area contributed by atoms with Crippen molar-refractivity contribution in [3.63, 3.8) is 0 Å². The molecule has 0 bridgehead atoms. The van der Waals surface area contributed by atoms with E-state index >= 15 is 0 Å². The smallest absolute Gasteiger partial charge is 0.277 e. The zero-order chi connectivity index (χ0) is 58.3. The number of hydrogen-bond donors (Lipinski definition) is 0. The van der Waals surface area contributed by atoms with E-state index in [4.69, 9.17) is 32.6 Å². The van der Waals surface area contributed by atoms with Crippen molar-refractivity contribution in [1.82, 2.24) is 0 Å². The number of rotatable bonds is 28. The molecular formula is C62H77N5O12S3. The molecule has 0 saturated heterocycles. The summed E-state index contributed by atoms with van der Waals surface area (Å²) in [6.07, 6.45) is 1.79. The third-order valence-corrected chi connectivity index (χ3v) is 20.5. The molecule has 82 heavy (non-hydrogen) atoms. The van der Waals surface area contributed by atoms with Gasteiger partial charge in [0.15, 0.2) is 17.3 Å². The summed E-state index contributed by atoms with van der Waals surface area (Å²) in [5.41, 5.74) is 10.4. The van der Waals surface area contributed by atoms with E-state index in [1.54, 1.807) is 38.0 Å². The van der Waals surface area contributed by atoms with Crippen molar-refractivity contribution in [2.45, 2.75) is 88.7 Å². The Labute approximate surface area is 491 Å². The fourth-order valence-corrected chi connectivity index (χ4v) is 15.4. The molecule has 20 heteroatoms. The highest BCUT2D eigenvalue weighted by Gasteiger charge is 2.41. The van der Waals surface area contributed by atoms with Gasteiger partial charge in [0.2, 0.25) is 0 Å². The number of para-hydroxylation sites is 2. The molecule has 0 aliphatic carbocycles. The molecule has 5 aromatic rings. The molecule has 0 spiro atoms. The van der Waals surface area contributed by atoms with Crippen LogP contribution in [0, 0.1) is 6.92 Å². The maximum atomic E-state index is 14.5. The first-order chi connectivity index (χ1) is 39.4. The minimum absolute atomic E-state index is 0.00786. The third-order valence-electron chi connectivity index (χ3n) is 15.5. The van der Waals surface area contributed by atoms with Crippen LogP contribution in [0.15, 0.2) is 91.0 Å². The number of nitrogens with zero attached hydrogens (tertiary/aromatic N) is 5. The van der Waals surface area contributed by atoms with E-state index in [2.05, 4.69) is 58.9 Å². The van der Waals surface area contributed by atoms with E-state index < -0.39 is 20.1 Å². The Morgan fingerprint density at radius 1 is 0.707 bits per heavy atom. The molecule has 0 N–H and O–H groups in total. The van der Waals surface area contributed by atoms with Crippen LogP contribution < -0.4 is 38.7 Å². The van der Waals surface area contributed by atoms with Crippen molar-refractivity contribution < 1.29 is 55.4 Å². The van der Waals surface area contributed by atoms with Gasteiger partial charge in [-0.05, 0) is 110 Å². The van der Waals surface area contributed by atoms with Crippen LogP contribution in [0.4, 0.5) is 28.4 Å². The summed E-state index contributed by atoms with van der Waals surface area (Å²) in [5, 5.41) is -1.23. The summed E-state index contributed by atoms with van der Waals surface area (Å²) in [6, 6.07) is 30.2. The second-order valence-corrected chi connectivity index (χ2v) is 26.9. The monoisotopic (exact) mass is 1180 g/mol. The number of carbonyl (C=O) groups is 3. The van der Waals surface area contributed by atoms with E-state index in [1.807, 2.05) is 85.4 Å². The van der Waals surface area contributed by atoms with Crippen molar-refractivity contribution in [2.24, 2.45) is 0 Å². The van der Waals surface area contributed by atoms with Crippen LogP contribution in [0.25, 0.3) is 0 Å². The Hall–Kier alpha value is -6.00. The first-order valence-electron chi connectivity index (χ1n) is 28.0. The van der Waals surface area contributed by atoms with Gasteiger partial charge in [-0.2, -0.15) is 8.42 Å². The van der Waals surface area contributed by atoms with Gasteiger partial charge < -0.3 is 52.9 Å². The number of ketones is 1. The number of Topliss-reactive ketones (excluding diaryl/α,β-unsaturated/α-hetero) is 1. The minimum Gasteiger partial charge on any atom is -0.493 e. The van der Waals surface area contributed by atoms with Gasteiger partial charge in [-0.1, -0.05) is 64.9 Å². The van der Waals surface area contributed by atoms with E-state index in [-0.39, 0.29) is 55.7 Å². The van der Waals surface area contributed by atoms with Crippen LogP contribution in [0.5, 0.6) is 17.2 Å². The zero-order valence-corrected chi connectivity index (χ0v) is 51.0. The lowest BCUT2D eigenvalue weighted by Crippen LogP contribution is -2.41. The lowest BCUT2D eigenvalue weighted by atomic mass is 10.1. The average molecular weight is 1180 g/mol. The number of carbonyl (C=O) groups excluding carboxylic acids is 3. The molecule has 17 nitrogen and oxygen atoms in total. The number of hydrogen-bond acceptors (Lipinski definition) is 17. The van der Waals surface area contributed by atoms with Crippen molar-refractivity contribution in [1.29, 1.82) is 0 Å². The molecule has 2 amide bonds. The van der Waals surface area contributed by atoms with Gasteiger partial charge in [-0.15, -0.1) is 0 Å². The molecule has 0 radical (unpaired) electrons. The maximum absolute atomic E-state index is 14.5. The molecule has 0 aromatic heterocycles. The number of anilines is 5. The highest BCUT2D eigenvalue weighted by Crippen LogP contribution is 2.44. The Bertz CT molecular complexity index is 3230. The van der Waals surface area contributed by atoms with Crippen LogP contribution in [0.1, 0.15) is 82.1 Å². The van der Waals surface area contributed by atoms with Crippen molar-refractivity contribution >= 4 is 77.7 Å². The molecule has 4 aliphatic rings. The first-order valence-corrected chi connectivity index (χ1v) is 31.8. The zero-order valence-electron chi connectivity index (χ0n) is 48.6. The van der Waals surface area contributed by atoms with Crippen LogP contribution >= 0.6 is 21.6 Å². The maximum Gasteiger partial charge on any atom is 0.277 e. The molecule has 4 heterocycles. The summed E-state index contributed by atoms with van der Waals surface area (Å²) in [4.78, 5) is 52.1. The molecule has 0 fully saturated rings. The molecule has 4 aliphatic heterocycles. The number of aryl methyl sites for hydroxylation is 1. The van der Waals surface area contributed by atoms with Gasteiger partial charge in [-0.25, -0.2) is 0 Å². The van der Waals surface area contributed by atoms with E-state index in [0.717, 1.165) is 70.6 Å². The van der Waals surface area contributed by atoms with E-state index in [0.29, 0.717) is 93.3 Å². The Morgan fingerprint density at radius 2 is 1.26 bits per heavy atom. The van der Waals surface area contributed by atoms with E-state index in [1.165, 1.54) is 16.4 Å². The average Bonchev–Trinajstić information content (AvgIpc) is 3.13.